The van der Waals surface area contributed by atoms with Gasteiger partial charge in [0.25, 0.3) is 0 Å². The number of aliphatic hydroxyl groups excluding tert-OH is 1. The molecular formula is C14H22N4O6. The lowest BCUT2D eigenvalue weighted by Gasteiger charge is -2.13. The Bertz CT molecular complexity index is 605. The van der Waals surface area contributed by atoms with Crippen molar-refractivity contribution in [3.05, 3.63) is 22.7 Å². The lowest BCUT2D eigenvalue weighted by molar-refractivity contribution is -0.0992. The number of anilines is 1. The highest BCUT2D eigenvalue weighted by molar-refractivity contribution is 5.83. The molecule has 134 valence electrons. The molecule has 0 aliphatic carbocycles. The molecule has 10 heteroatoms. The molecule has 1 aromatic heterocycles. The van der Waals surface area contributed by atoms with Gasteiger partial charge in [-0.15, -0.1) is 0 Å². The van der Waals surface area contributed by atoms with E-state index in [1.165, 1.54) is 16.8 Å². The van der Waals surface area contributed by atoms with Gasteiger partial charge in [-0.05, 0) is 26.6 Å². The number of aliphatic hydroxyl groups is 1. The van der Waals surface area contributed by atoms with Gasteiger partial charge in [0.1, 0.15) is 5.82 Å². The Morgan fingerprint density at radius 2 is 2.38 bits per heavy atom. The molecule has 1 aliphatic rings. The maximum Gasteiger partial charge on any atom is 0.412 e. The van der Waals surface area contributed by atoms with E-state index in [0.29, 0.717) is 6.42 Å². The van der Waals surface area contributed by atoms with Gasteiger partial charge in [0, 0.05) is 12.7 Å². The normalized spacial score (nSPS) is 20.3. The van der Waals surface area contributed by atoms with Crippen molar-refractivity contribution in [1.82, 2.24) is 14.5 Å². The minimum atomic E-state index is -0.753. The van der Waals surface area contributed by atoms with Crippen molar-refractivity contribution >= 4 is 11.9 Å². The summed E-state index contributed by atoms with van der Waals surface area (Å²) in [5.74, 6) is 0.0893. The molecule has 10 nitrogen and oxygen atoms in total. The van der Waals surface area contributed by atoms with Crippen LogP contribution < -0.4 is 11.0 Å². The molecule has 2 heterocycles. The second-order valence-electron chi connectivity index (χ2n) is 5.46. The van der Waals surface area contributed by atoms with Gasteiger partial charge in [-0.2, -0.15) is 4.98 Å². The number of nitrogens with one attached hydrogen (secondary N) is 1. The maximum atomic E-state index is 12.0. The van der Waals surface area contributed by atoms with E-state index >= 15 is 0 Å². The lowest BCUT2D eigenvalue weighted by atomic mass is 10.4. The van der Waals surface area contributed by atoms with Crippen molar-refractivity contribution in [2.75, 3.05) is 45.8 Å². The Hall–Kier alpha value is -2.01. The molecule has 1 fully saturated rings. The van der Waals surface area contributed by atoms with Crippen LogP contribution in [0.1, 0.15) is 12.6 Å². The van der Waals surface area contributed by atoms with Gasteiger partial charge < -0.3 is 24.2 Å². The molecule has 2 N–H and O–H groups in total. The molecule has 0 saturated carbocycles. The Morgan fingerprint density at radius 1 is 1.58 bits per heavy atom. The monoisotopic (exact) mass is 342 g/mol. The first-order chi connectivity index (χ1) is 11.5. The summed E-state index contributed by atoms with van der Waals surface area (Å²) in [5, 5.41) is 11.3. The van der Waals surface area contributed by atoms with Gasteiger partial charge in [-0.1, -0.05) is 0 Å². The Labute approximate surface area is 138 Å². The summed E-state index contributed by atoms with van der Waals surface area (Å²) in [7, 11) is 3.86. The van der Waals surface area contributed by atoms with E-state index in [1.54, 1.807) is 0 Å². The number of nitrogens with zero attached hydrogens (tertiary/aromatic N) is 3. The van der Waals surface area contributed by atoms with Crippen LogP contribution >= 0.6 is 0 Å². The summed E-state index contributed by atoms with van der Waals surface area (Å²) in [4.78, 5) is 29.4. The standard InChI is InChI=1S/C14H22N4O6/c1-17(2)5-3-7-22-14(21)16-10-4-6-18(13(20)15-10)11-9-23-12(8-19)24-11/h4,6,11-12,19H,3,5,7-9H2,1-2H3,(H,15,16,20,21)/t11-,12-/m0/s1. The number of amides is 1. The smallest absolute Gasteiger partial charge is 0.412 e. The van der Waals surface area contributed by atoms with Crippen molar-refractivity contribution in [2.24, 2.45) is 0 Å². The SMILES string of the molecule is CN(C)CCCOC(=O)Nc1ccn([C@@H]2CO[C@H](CO)O2)c(=O)n1. The van der Waals surface area contributed by atoms with Crippen LogP contribution in [0.5, 0.6) is 0 Å². The number of hydrogen-bond acceptors (Lipinski definition) is 8. The van der Waals surface area contributed by atoms with E-state index in [0.717, 1.165) is 6.54 Å². The highest BCUT2D eigenvalue weighted by atomic mass is 16.7. The fourth-order valence-corrected chi connectivity index (χ4v) is 2.07. The minimum Gasteiger partial charge on any atom is -0.449 e. The number of rotatable bonds is 7. The lowest BCUT2D eigenvalue weighted by Crippen LogP contribution is -2.29. The van der Waals surface area contributed by atoms with Crippen molar-refractivity contribution in [1.29, 1.82) is 0 Å². The number of carbonyl (C=O) groups is 1. The molecule has 1 aliphatic heterocycles. The van der Waals surface area contributed by atoms with E-state index < -0.39 is 24.3 Å². The highest BCUT2D eigenvalue weighted by Crippen LogP contribution is 2.19. The van der Waals surface area contributed by atoms with Crippen LogP contribution in [0.4, 0.5) is 10.6 Å². The summed E-state index contributed by atoms with van der Waals surface area (Å²) in [6, 6.07) is 1.46. The predicted octanol–water partition coefficient (Wildman–Crippen LogP) is -0.393. The van der Waals surface area contributed by atoms with Gasteiger partial charge in [-0.3, -0.25) is 9.88 Å². The first-order valence-corrected chi connectivity index (χ1v) is 7.55. The fourth-order valence-electron chi connectivity index (χ4n) is 2.07. The minimum absolute atomic E-state index is 0.0893. The Kier molecular flexibility index (Phi) is 6.67. The van der Waals surface area contributed by atoms with Crippen LogP contribution in [0, 0.1) is 0 Å². The number of hydrogen-bond donors (Lipinski definition) is 2. The van der Waals surface area contributed by atoms with Crippen molar-refractivity contribution < 1.29 is 24.1 Å². The van der Waals surface area contributed by atoms with Gasteiger partial charge in [-0.25, -0.2) is 9.59 Å². The molecule has 2 atom stereocenters. The Balaban J connectivity index is 1.86. The van der Waals surface area contributed by atoms with Crippen LogP contribution in [0.15, 0.2) is 17.1 Å². The zero-order valence-corrected chi connectivity index (χ0v) is 13.7. The van der Waals surface area contributed by atoms with Gasteiger partial charge in [0.2, 0.25) is 0 Å². The van der Waals surface area contributed by atoms with E-state index in [-0.39, 0.29) is 25.6 Å². The summed E-state index contributed by atoms with van der Waals surface area (Å²) in [6.07, 6.45) is 0.0656. The predicted molar refractivity (Wildman–Crippen MR) is 83.6 cm³/mol. The van der Waals surface area contributed by atoms with Crippen molar-refractivity contribution in [2.45, 2.75) is 18.9 Å². The van der Waals surface area contributed by atoms with Gasteiger partial charge in [0.15, 0.2) is 12.5 Å². The first-order valence-electron chi connectivity index (χ1n) is 7.55. The van der Waals surface area contributed by atoms with Crippen LogP contribution in [-0.4, -0.2) is 72.4 Å². The molecule has 2 rings (SSSR count). The molecule has 0 unspecified atom stereocenters. The van der Waals surface area contributed by atoms with Crippen molar-refractivity contribution in [3.63, 3.8) is 0 Å². The molecule has 1 saturated heterocycles. The number of aromatic nitrogens is 2. The topological polar surface area (TPSA) is 115 Å². The van der Waals surface area contributed by atoms with E-state index in [9.17, 15) is 9.59 Å². The molecule has 24 heavy (non-hydrogen) atoms. The van der Waals surface area contributed by atoms with Crippen LogP contribution in [-0.2, 0) is 14.2 Å². The summed E-state index contributed by atoms with van der Waals surface area (Å²) < 4.78 is 16.7. The third-order valence-electron chi connectivity index (χ3n) is 3.24. The summed E-state index contributed by atoms with van der Waals surface area (Å²) in [5.41, 5.74) is -0.604. The summed E-state index contributed by atoms with van der Waals surface area (Å²) >= 11 is 0. The van der Waals surface area contributed by atoms with Crippen LogP contribution in [0.25, 0.3) is 0 Å². The second kappa shape index (κ2) is 8.73. The molecule has 0 aromatic carbocycles. The van der Waals surface area contributed by atoms with E-state index in [1.807, 2.05) is 19.0 Å². The second-order valence-corrected chi connectivity index (χ2v) is 5.46. The van der Waals surface area contributed by atoms with Crippen LogP contribution in [0.2, 0.25) is 0 Å². The fraction of sp³-hybridized carbons (Fsp3) is 0.643. The molecule has 0 spiro atoms. The number of ether oxygens (including phenoxy) is 3. The molecule has 1 aromatic rings. The third-order valence-corrected chi connectivity index (χ3v) is 3.24. The molecule has 0 bridgehead atoms. The number of carbonyl (C=O) groups excluding carboxylic acids is 1. The van der Waals surface area contributed by atoms with Gasteiger partial charge in [0.05, 0.1) is 19.8 Å². The first kappa shape index (κ1) is 18.3. The zero-order chi connectivity index (χ0) is 17.5. The quantitative estimate of drug-likeness (QED) is 0.644. The van der Waals surface area contributed by atoms with E-state index in [4.69, 9.17) is 19.3 Å². The third kappa shape index (κ3) is 5.27. The summed E-state index contributed by atoms with van der Waals surface area (Å²) in [6.45, 7) is 0.919. The van der Waals surface area contributed by atoms with Crippen molar-refractivity contribution in [3.8, 4) is 0 Å². The Morgan fingerprint density at radius 3 is 3.00 bits per heavy atom. The van der Waals surface area contributed by atoms with Crippen LogP contribution in [0.3, 0.4) is 0 Å². The molecule has 0 radical (unpaired) electrons. The largest absolute Gasteiger partial charge is 0.449 e. The van der Waals surface area contributed by atoms with Gasteiger partial charge >= 0.3 is 11.8 Å². The maximum absolute atomic E-state index is 12.0. The average Bonchev–Trinajstić information content (AvgIpc) is 3.00. The zero-order valence-electron chi connectivity index (χ0n) is 13.7. The average molecular weight is 342 g/mol. The highest BCUT2D eigenvalue weighted by Gasteiger charge is 2.27. The molecular weight excluding hydrogens is 320 g/mol. The molecule has 1 amide bonds. The van der Waals surface area contributed by atoms with E-state index in [2.05, 4.69) is 10.3 Å².